The number of hydrogen-bond acceptors (Lipinski definition) is 4. The summed E-state index contributed by atoms with van der Waals surface area (Å²) < 4.78 is 15.6. The fraction of sp³-hybridized carbons (Fsp3) is 0.286. The Bertz CT molecular complexity index is 719. The van der Waals surface area contributed by atoms with Gasteiger partial charge < -0.3 is 10.0 Å². The van der Waals surface area contributed by atoms with Crippen LogP contribution in [-0.4, -0.2) is 55.4 Å². The number of hydrogen-bond donors (Lipinski definition) is 1. The van der Waals surface area contributed by atoms with Crippen LogP contribution in [0.3, 0.4) is 0 Å². The van der Waals surface area contributed by atoms with Crippen LogP contribution in [0.5, 0.6) is 0 Å². The van der Waals surface area contributed by atoms with E-state index in [1.54, 1.807) is 29.2 Å². The SMILES string of the molecule is O=C(c1cc(-n2cccn2)ccn1)N1CCC(F)(C(=O)O)C1. The number of alkyl halides is 1. The van der Waals surface area contributed by atoms with Crippen LogP contribution in [0.2, 0.25) is 0 Å². The number of nitrogens with zero attached hydrogens (tertiary/aromatic N) is 4. The molecule has 8 heteroatoms. The molecule has 0 aliphatic carbocycles. The summed E-state index contributed by atoms with van der Waals surface area (Å²) in [6.07, 6.45) is 4.57. The monoisotopic (exact) mass is 304 g/mol. The fourth-order valence-corrected chi connectivity index (χ4v) is 2.38. The largest absolute Gasteiger partial charge is 0.479 e. The first kappa shape index (κ1) is 14.2. The van der Waals surface area contributed by atoms with Gasteiger partial charge in [0.15, 0.2) is 0 Å². The Morgan fingerprint density at radius 3 is 2.82 bits per heavy atom. The van der Waals surface area contributed by atoms with Crippen molar-refractivity contribution >= 4 is 11.9 Å². The molecule has 1 fully saturated rings. The van der Waals surface area contributed by atoms with E-state index in [0.717, 1.165) is 0 Å². The Labute approximate surface area is 125 Å². The molecule has 1 aliphatic rings. The van der Waals surface area contributed by atoms with Crippen LogP contribution < -0.4 is 0 Å². The first-order valence-corrected chi connectivity index (χ1v) is 6.67. The maximum atomic E-state index is 14.0. The Kier molecular flexibility index (Phi) is 3.36. The molecule has 3 heterocycles. The Balaban J connectivity index is 1.82. The van der Waals surface area contributed by atoms with E-state index < -0.39 is 24.1 Å². The number of likely N-dealkylation sites (tertiary alicyclic amines) is 1. The van der Waals surface area contributed by atoms with E-state index in [2.05, 4.69) is 10.1 Å². The first-order chi connectivity index (χ1) is 10.5. The minimum atomic E-state index is -2.38. The second-order valence-corrected chi connectivity index (χ2v) is 5.10. The molecule has 0 radical (unpaired) electrons. The molecule has 1 atom stereocenters. The first-order valence-electron chi connectivity index (χ1n) is 6.67. The van der Waals surface area contributed by atoms with Crippen molar-refractivity contribution in [3.8, 4) is 5.69 Å². The molecule has 2 aromatic rings. The van der Waals surface area contributed by atoms with Crippen LogP contribution in [-0.2, 0) is 4.79 Å². The summed E-state index contributed by atoms with van der Waals surface area (Å²) >= 11 is 0. The lowest BCUT2D eigenvalue weighted by Gasteiger charge is -2.17. The van der Waals surface area contributed by atoms with E-state index in [1.807, 2.05) is 0 Å². The van der Waals surface area contributed by atoms with Crippen molar-refractivity contribution in [2.24, 2.45) is 0 Å². The number of carboxylic acids is 1. The third-order valence-corrected chi connectivity index (χ3v) is 3.62. The Hall–Kier alpha value is -2.77. The molecule has 114 valence electrons. The van der Waals surface area contributed by atoms with Crippen LogP contribution in [0.25, 0.3) is 5.69 Å². The zero-order valence-corrected chi connectivity index (χ0v) is 11.5. The standard InChI is InChI=1S/C14H13FN4O3/c15-14(13(21)22)3-7-18(9-14)12(20)11-8-10(2-5-16-11)19-6-1-4-17-19/h1-2,4-6,8H,3,7,9H2,(H,21,22). The summed E-state index contributed by atoms with van der Waals surface area (Å²) in [7, 11) is 0. The number of halogens is 1. The van der Waals surface area contributed by atoms with Gasteiger partial charge in [0.2, 0.25) is 5.67 Å². The molecule has 1 N–H and O–H groups in total. The summed E-state index contributed by atoms with van der Waals surface area (Å²) in [5, 5.41) is 12.9. The maximum Gasteiger partial charge on any atom is 0.343 e. The number of carbonyl (C=O) groups is 2. The molecule has 0 saturated carbocycles. The average Bonchev–Trinajstić information content (AvgIpc) is 3.17. The van der Waals surface area contributed by atoms with Gasteiger partial charge in [-0.25, -0.2) is 13.9 Å². The number of aromatic nitrogens is 3. The highest BCUT2D eigenvalue weighted by Gasteiger charge is 2.47. The number of pyridine rings is 1. The van der Waals surface area contributed by atoms with Gasteiger partial charge in [0, 0.05) is 31.6 Å². The summed E-state index contributed by atoms with van der Waals surface area (Å²) in [5.41, 5.74) is -1.61. The molecule has 0 bridgehead atoms. The highest BCUT2D eigenvalue weighted by atomic mass is 19.1. The predicted molar refractivity (Wildman–Crippen MR) is 73.4 cm³/mol. The van der Waals surface area contributed by atoms with Gasteiger partial charge in [-0.05, 0) is 18.2 Å². The van der Waals surface area contributed by atoms with Crippen molar-refractivity contribution in [3.63, 3.8) is 0 Å². The smallest absolute Gasteiger partial charge is 0.343 e. The van der Waals surface area contributed by atoms with E-state index in [1.165, 1.54) is 17.2 Å². The van der Waals surface area contributed by atoms with E-state index in [4.69, 9.17) is 5.11 Å². The topological polar surface area (TPSA) is 88.3 Å². The van der Waals surface area contributed by atoms with Gasteiger partial charge in [-0.1, -0.05) is 0 Å². The summed E-state index contributed by atoms with van der Waals surface area (Å²) in [4.78, 5) is 28.4. The lowest BCUT2D eigenvalue weighted by Crippen LogP contribution is -2.39. The van der Waals surface area contributed by atoms with Gasteiger partial charge in [0.05, 0.1) is 12.2 Å². The second-order valence-electron chi connectivity index (χ2n) is 5.10. The predicted octanol–water partition coefficient (Wildman–Crippen LogP) is 0.906. The zero-order chi connectivity index (χ0) is 15.7. The van der Waals surface area contributed by atoms with Crippen molar-refractivity contribution in [1.82, 2.24) is 19.7 Å². The lowest BCUT2D eigenvalue weighted by atomic mass is 10.1. The number of amides is 1. The van der Waals surface area contributed by atoms with Crippen LogP contribution in [0.1, 0.15) is 16.9 Å². The van der Waals surface area contributed by atoms with Crippen LogP contribution in [0, 0.1) is 0 Å². The molecule has 1 unspecified atom stereocenters. The molecule has 0 aromatic carbocycles. The Morgan fingerprint density at radius 2 is 2.18 bits per heavy atom. The van der Waals surface area contributed by atoms with Gasteiger partial charge in [-0.2, -0.15) is 5.10 Å². The summed E-state index contributed by atoms with van der Waals surface area (Å²) in [6.45, 7) is -0.413. The van der Waals surface area contributed by atoms with Crippen LogP contribution in [0.15, 0.2) is 36.8 Å². The molecule has 3 rings (SSSR count). The number of aliphatic carboxylic acids is 1. The zero-order valence-electron chi connectivity index (χ0n) is 11.5. The summed E-state index contributed by atoms with van der Waals surface area (Å²) in [5.74, 6) is -2.03. The van der Waals surface area contributed by atoms with E-state index >= 15 is 0 Å². The number of rotatable bonds is 3. The lowest BCUT2D eigenvalue weighted by molar-refractivity contribution is -0.149. The van der Waals surface area contributed by atoms with E-state index in [9.17, 15) is 14.0 Å². The molecule has 1 amide bonds. The summed E-state index contributed by atoms with van der Waals surface area (Å²) in [6, 6.07) is 4.96. The minimum Gasteiger partial charge on any atom is -0.479 e. The molecule has 1 saturated heterocycles. The van der Waals surface area contributed by atoms with Crippen molar-refractivity contribution < 1.29 is 19.1 Å². The third-order valence-electron chi connectivity index (χ3n) is 3.62. The van der Waals surface area contributed by atoms with Crippen LogP contribution >= 0.6 is 0 Å². The van der Waals surface area contributed by atoms with Crippen molar-refractivity contribution in [2.75, 3.05) is 13.1 Å². The molecular formula is C14H13FN4O3. The molecule has 22 heavy (non-hydrogen) atoms. The number of carbonyl (C=O) groups excluding carboxylic acids is 1. The maximum absolute atomic E-state index is 14.0. The van der Waals surface area contributed by atoms with Gasteiger partial charge >= 0.3 is 5.97 Å². The van der Waals surface area contributed by atoms with Gasteiger partial charge in [-0.3, -0.25) is 9.78 Å². The van der Waals surface area contributed by atoms with Gasteiger partial charge in [0.1, 0.15) is 5.69 Å². The normalized spacial score (nSPS) is 21.0. The van der Waals surface area contributed by atoms with Gasteiger partial charge in [-0.15, -0.1) is 0 Å². The number of carboxylic acid groups (broad SMARTS) is 1. The highest BCUT2D eigenvalue weighted by Crippen LogP contribution is 2.27. The highest BCUT2D eigenvalue weighted by molar-refractivity contribution is 5.94. The molecule has 7 nitrogen and oxygen atoms in total. The minimum absolute atomic E-state index is 0.0509. The average molecular weight is 304 g/mol. The molecular weight excluding hydrogens is 291 g/mol. The van der Waals surface area contributed by atoms with Gasteiger partial charge in [0.25, 0.3) is 5.91 Å². The fourth-order valence-electron chi connectivity index (χ4n) is 2.38. The molecule has 0 spiro atoms. The van der Waals surface area contributed by atoms with Crippen molar-refractivity contribution in [2.45, 2.75) is 12.1 Å². The second kappa shape index (κ2) is 5.21. The van der Waals surface area contributed by atoms with E-state index in [-0.39, 0.29) is 18.7 Å². The van der Waals surface area contributed by atoms with Crippen molar-refractivity contribution in [1.29, 1.82) is 0 Å². The van der Waals surface area contributed by atoms with Crippen LogP contribution in [0.4, 0.5) is 4.39 Å². The quantitative estimate of drug-likeness (QED) is 0.910. The molecule has 2 aromatic heterocycles. The molecule has 1 aliphatic heterocycles. The van der Waals surface area contributed by atoms with Crippen molar-refractivity contribution in [3.05, 3.63) is 42.5 Å². The van der Waals surface area contributed by atoms with E-state index in [0.29, 0.717) is 5.69 Å². The third kappa shape index (κ3) is 2.43. The Morgan fingerprint density at radius 1 is 1.36 bits per heavy atom.